The van der Waals surface area contributed by atoms with E-state index in [-0.39, 0.29) is 12.1 Å². The van der Waals surface area contributed by atoms with E-state index < -0.39 is 0 Å². The van der Waals surface area contributed by atoms with Crippen molar-refractivity contribution in [3.8, 4) is 0 Å². The van der Waals surface area contributed by atoms with Gasteiger partial charge in [-0.2, -0.15) is 0 Å². The minimum absolute atomic E-state index is 0.0753. The van der Waals surface area contributed by atoms with Crippen molar-refractivity contribution < 1.29 is 14.3 Å². The second-order valence-corrected chi connectivity index (χ2v) is 3.48. The van der Waals surface area contributed by atoms with Crippen LogP contribution in [-0.4, -0.2) is 38.6 Å². The van der Waals surface area contributed by atoms with Crippen LogP contribution in [0.1, 0.15) is 20.8 Å². The average Bonchev–Trinajstić information content (AvgIpc) is 2.23. The molecule has 2 atom stereocenters. The van der Waals surface area contributed by atoms with Gasteiger partial charge >= 0.3 is 0 Å². The molecule has 0 bridgehead atoms. The van der Waals surface area contributed by atoms with Crippen LogP contribution in [-0.2, 0) is 14.3 Å². The monoisotopic (exact) mass is 234 g/mol. The van der Waals surface area contributed by atoms with Crippen molar-refractivity contribution in [2.75, 3.05) is 26.4 Å². The minimum Gasteiger partial charge on any atom is -0.377 e. The molecule has 0 rings (SSSR count). The highest BCUT2D eigenvalue weighted by Gasteiger charge is 1.99. The summed E-state index contributed by atoms with van der Waals surface area (Å²) in [6.45, 7) is 11.1. The van der Waals surface area contributed by atoms with Crippen LogP contribution in [0.2, 0.25) is 0 Å². The van der Waals surface area contributed by atoms with Crippen LogP contribution in [0.25, 0.3) is 0 Å². The van der Waals surface area contributed by atoms with Crippen LogP contribution in [0.15, 0.2) is 12.7 Å². The van der Waals surface area contributed by atoms with Crippen molar-refractivity contribution in [2.24, 2.45) is 11.6 Å². The highest BCUT2D eigenvalue weighted by molar-refractivity contribution is 4.51. The normalized spacial score (nSPS) is 13.6. The van der Waals surface area contributed by atoms with Gasteiger partial charge in [-0.25, -0.2) is 5.90 Å². The van der Waals surface area contributed by atoms with Crippen LogP contribution in [0, 0.1) is 0 Å². The molecule has 4 N–H and O–H groups in total. The van der Waals surface area contributed by atoms with Crippen molar-refractivity contribution in [1.82, 2.24) is 0 Å². The molecule has 0 aliphatic heterocycles. The van der Waals surface area contributed by atoms with Crippen molar-refractivity contribution in [2.45, 2.75) is 32.9 Å². The lowest BCUT2D eigenvalue weighted by molar-refractivity contribution is -0.0250. The fourth-order valence-electron chi connectivity index (χ4n) is 0.676. The van der Waals surface area contributed by atoms with E-state index in [1.807, 2.05) is 20.8 Å². The molecule has 5 nitrogen and oxygen atoms in total. The van der Waals surface area contributed by atoms with Gasteiger partial charge in [0.2, 0.25) is 0 Å². The smallest absolute Gasteiger partial charge is 0.0992 e. The second kappa shape index (κ2) is 14.5. The molecule has 0 aromatic heterocycles. The Morgan fingerprint density at radius 2 is 1.62 bits per heavy atom. The largest absolute Gasteiger partial charge is 0.377 e. The van der Waals surface area contributed by atoms with Crippen LogP contribution >= 0.6 is 0 Å². The molecule has 0 saturated heterocycles. The van der Waals surface area contributed by atoms with E-state index in [0.717, 1.165) is 0 Å². The Morgan fingerprint density at radius 3 is 2.00 bits per heavy atom. The fraction of sp³-hybridized carbons (Fsp3) is 0.818. The summed E-state index contributed by atoms with van der Waals surface area (Å²) in [5, 5.41) is 0. The lowest BCUT2D eigenvalue weighted by atomic mass is 10.4. The van der Waals surface area contributed by atoms with E-state index in [4.69, 9.17) is 21.1 Å². The molecule has 0 spiro atoms. The fourth-order valence-corrected chi connectivity index (χ4v) is 0.676. The Kier molecular flexibility index (Phi) is 16.3. The summed E-state index contributed by atoms with van der Waals surface area (Å²) >= 11 is 0. The lowest BCUT2D eigenvalue weighted by Gasteiger charge is -2.10. The number of allylic oxidation sites excluding steroid dienone is 1. The first-order valence-corrected chi connectivity index (χ1v) is 5.42. The van der Waals surface area contributed by atoms with E-state index in [9.17, 15) is 0 Å². The molecular weight excluding hydrogens is 208 g/mol. The summed E-state index contributed by atoms with van der Waals surface area (Å²) in [5.74, 6) is 4.92. The molecule has 0 fully saturated rings. The van der Waals surface area contributed by atoms with Gasteiger partial charge in [-0.1, -0.05) is 6.08 Å². The topological polar surface area (TPSA) is 79.7 Å². The molecule has 0 aliphatic rings. The number of hydrogen-bond donors (Lipinski definition) is 2. The van der Waals surface area contributed by atoms with E-state index in [2.05, 4.69) is 11.4 Å². The first-order valence-electron chi connectivity index (χ1n) is 5.42. The maximum absolute atomic E-state index is 5.47. The summed E-state index contributed by atoms with van der Waals surface area (Å²) in [5.41, 5.74) is 5.47. The van der Waals surface area contributed by atoms with Crippen molar-refractivity contribution in [3.63, 3.8) is 0 Å². The minimum atomic E-state index is -0.0755. The molecule has 0 aromatic carbocycles. The number of ether oxygens (including phenoxy) is 2. The molecule has 2 unspecified atom stereocenters. The third-order valence-corrected chi connectivity index (χ3v) is 1.34. The maximum Gasteiger partial charge on any atom is 0.0992 e. The molecule has 98 valence electrons. The van der Waals surface area contributed by atoms with Crippen molar-refractivity contribution in [3.05, 3.63) is 12.7 Å². The Balaban J connectivity index is 0. The molecule has 0 aromatic rings. The van der Waals surface area contributed by atoms with E-state index in [1.165, 1.54) is 0 Å². The Hall–Kier alpha value is -0.460. The highest BCUT2D eigenvalue weighted by atomic mass is 16.6. The van der Waals surface area contributed by atoms with Gasteiger partial charge in [0.1, 0.15) is 0 Å². The van der Waals surface area contributed by atoms with Crippen LogP contribution in [0.3, 0.4) is 0 Å². The molecule has 0 aliphatic carbocycles. The first kappa shape index (κ1) is 17.9. The Morgan fingerprint density at radius 1 is 1.19 bits per heavy atom. The Labute approximate surface area is 98.7 Å². The number of nitrogens with two attached hydrogens (primary N) is 2. The van der Waals surface area contributed by atoms with Gasteiger partial charge in [-0.05, 0) is 20.8 Å². The third-order valence-electron chi connectivity index (χ3n) is 1.34. The highest BCUT2D eigenvalue weighted by Crippen LogP contribution is 1.87. The van der Waals surface area contributed by atoms with Crippen molar-refractivity contribution in [1.29, 1.82) is 0 Å². The van der Waals surface area contributed by atoms with Crippen LogP contribution in [0.4, 0.5) is 0 Å². The molecule has 0 radical (unpaired) electrons. The zero-order valence-corrected chi connectivity index (χ0v) is 10.6. The predicted octanol–water partition coefficient (Wildman–Crippen LogP) is 0.838. The van der Waals surface area contributed by atoms with Gasteiger partial charge in [0.15, 0.2) is 0 Å². The summed E-state index contributed by atoms with van der Waals surface area (Å²) < 4.78 is 10.4. The van der Waals surface area contributed by atoms with Gasteiger partial charge in [-0.3, -0.25) is 4.84 Å². The van der Waals surface area contributed by atoms with Crippen LogP contribution in [0.5, 0.6) is 0 Å². The Bertz CT molecular complexity index is 143. The first-order chi connectivity index (χ1) is 7.58. The summed E-state index contributed by atoms with van der Waals surface area (Å²) in [7, 11) is 0. The van der Waals surface area contributed by atoms with Crippen LogP contribution < -0.4 is 11.6 Å². The zero-order chi connectivity index (χ0) is 12.8. The van der Waals surface area contributed by atoms with E-state index in [1.54, 1.807) is 6.08 Å². The van der Waals surface area contributed by atoms with Gasteiger partial charge in [-0.15, -0.1) is 6.58 Å². The summed E-state index contributed by atoms with van der Waals surface area (Å²) in [6.07, 6.45) is 1.67. The lowest BCUT2D eigenvalue weighted by Crippen LogP contribution is -2.24. The molecule has 0 amide bonds. The third kappa shape index (κ3) is 19.2. The molecule has 0 heterocycles. The molecule has 0 saturated carbocycles. The van der Waals surface area contributed by atoms with Gasteiger partial charge in [0.25, 0.3) is 0 Å². The molecular formula is C11H26N2O3. The van der Waals surface area contributed by atoms with Gasteiger partial charge in [0.05, 0.1) is 32.5 Å². The number of rotatable bonds is 8. The van der Waals surface area contributed by atoms with Gasteiger partial charge in [0, 0.05) is 6.04 Å². The number of hydrogen-bond acceptors (Lipinski definition) is 5. The maximum atomic E-state index is 5.47. The quantitative estimate of drug-likeness (QED) is 0.369. The molecule has 16 heavy (non-hydrogen) atoms. The molecule has 5 heteroatoms. The second-order valence-electron chi connectivity index (χ2n) is 3.48. The van der Waals surface area contributed by atoms with E-state index >= 15 is 0 Å². The summed E-state index contributed by atoms with van der Waals surface area (Å²) in [4.78, 5) is 4.51. The SMILES string of the molecule is C=CC.CC(N)COCCOCC(C)ON. The summed E-state index contributed by atoms with van der Waals surface area (Å²) in [6, 6.07) is 0.0753. The van der Waals surface area contributed by atoms with E-state index in [0.29, 0.717) is 26.4 Å². The standard InChI is InChI=1S/C8H20N2O3.C3H6/c1-7(9)5-11-3-4-12-6-8(2)13-10;1-3-2/h7-8H,3-6,9-10H2,1-2H3;3H,1H2,2H3. The zero-order valence-electron chi connectivity index (χ0n) is 10.6. The van der Waals surface area contributed by atoms with Gasteiger partial charge < -0.3 is 15.2 Å². The predicted molar refractivity (Wildman–Crippen MR) is 65.9 cm³/mol. The van der Waals surface area contributed by atoms with Crippen molar-refractivity contribution >= 4 is 0 Å². The average molecular weight is 234 g/mol.